The minimum absolute atomic E-state index is 0.280. The molecule has 26 heavy (non-hydrogen) atoms. The molecule has 2 aromatic carbocycles. The van der Waals surface area contributed by atoms with Crippen LogP contribution in [0.25, 0.3) is 11.4 Å². The van der Waals surface area contributed by atoms with Gasteiger partial charge in [0.25, 0.3) is 0 Å². The monoisotopic (exact) mass is 388 g/mol. The molecule has 0 saturated heterocycles. The molecule has 0 aliphatic heterocycles. The molecule has 0 fully saturated rings. The number of halogens is 2. The molecule has 0 bridgehead atoms. The first kappa shape index (κ1) is 18.3. The molecule has 2 amide bonds. The van der Waals surface area contributed by atoms with Crippen LogP contribution >= 0.6 is 23.2 Å². The summed E-state index contributed by atoms with van der Waals surface area (Å²) in [7, 11) is 0. The number of imidazole rings is 1. The molecule has 0 aliphatic carbocycles. The fourth-order valence-electron chi connectivity index (χ4n) is 2.54. The standard InChI is InChI=1S/C19H18Cl2N4O/c20-16-8-7-15(13-17(16)21)24-19(26)23-9-4-11-25-12-10-22-18(25)14-5-2-1-3-6-14/h1-3,5-8,10,12-13H,4,9,11H2,(H2,23,24,26). The Morgan fingerprint density at radius 3 is 2.65 bits per heavy atom. The third kappa shape index (κ3) is 4.77. The molecule has 0 radical (unpaired) electrons. The summed E-state index contributed by atoms with van der Waals surface area (Å²) >= 11 is 11.8. The number of anilines is 1. The Bertz CT molecular complexity index is 880. The van der Waals surface area contributed by atoms with Crippen LogP contribution in [0.2, 0.25) is 10.0 Å². The Morgan fingerprint density at radius 2 is 1.88 bits per heavy atom. The van der Waals surface area contributed by atoms with E-state index in [0.717, 1.165) is 24.4 Å². The average Bonchev–Trinajstić information content (AvgIpc) is 3.11. The average molecular weight is 389 g/mol. The van der Waals surface area contributed by atoms with E-state index in [4.69, 9.17) is 23.2 Å². The second kappa shape index (κ2) is 8.74. The van der Waals surface area contributed by atoms with Crippen LogP contribution in [0, 0.1) is 0 Å². The number of nitrogens with zero attached hydrogens (tertiary/aromatic N) is 2. The SMILES string of the molecule is O=C(NCCCn1ccnc1-c1ccccc1)Nc1ccc(Cl)c(Cl)c1. The van der Waals surface area contributed by atoms with Crippen molar-refractivity contribution < 1.29 is 4.79 Å². The molecule has 0 aliphatic rings. The van der Waals surface area contributed by atoms with Crippen molar-refractivity contribution in [1.82, 2.24) is 14.9 Å². The van der Waals surface area contributed by atoms with Crippen molar-refractivity contribution >= 4 is 34.9 Å². The highest BCUT2D eigenvalue weighted by atomic mass is 35.5. The van der Waals surface area contributed by atoms with E-state index in [1.165, 1.54) is 0 Å². The van der Waals surface area contributed by atoms with Gasteiger partial charge in [-0.15, -0.1) is 0 Å². The number of rotatable bonds is 6. The minimum Gasteiger partial charge on any atom is -0.338 e. The van der Waals surface area contributed by atoms with Crippen LogP contribution in [0.1, 0.15) is 6.42 Å². The second-order valence-corrected chi connectivity index (χ2v) is 6.49. The fraction of sp³-hybridized carbons (Fsp3) is 0.158. The molecule has 0 saturated carbocycles. The van der Waals surface area contributed by atoms with E-state index in [1.54, 1.807) is 24.4 Å². The molecule has 0 spiro atoms. The van der Waals surface area contributed by atoms with Crippen LogP contribution in [0.5, 0.6) is 0 Å². The van der Waals surface area contributed by atoms with Gasteiger partial charge in [-0.3, -0.25) is 0 Å². The summed E-state index contributed by atoms with van der Waals surface area (Å²) in [5.74, 6) is 0.922. The minimum atomic E-state index is -0.280. The Labute approximate surface area is 162 Å². The molecule has 5 nitrogen and oxygen atoms in total. The van der Waals surface area contributed by atoms with Gasteiger partial charge in [-0.1, -0.05) is 53.5 Å². The second-order valence-electron chi connectivity index (χ2n) is 5.67. The number of aryl methyl sites for hydroxylation is 1. The molecular weight excluding hydrogens is 371 g/mol. The van der Waals surface area contributed by atoms with Gasteiger partial charge in [-0.2, -0.15) is 0 Å². The van der Waals surface area contributed by atoms with Gasteiger partial charge in [0.05, 0.1) is 10.0 Å². The lowest BCUT2D eigenvalue weighted by molar-refractivity contribution is 0.252. The Balaban J connectivity index is 1.47. The predicted molar refractivity (Wildman–Crippen MR) is 106 cm³/mol. The van der Waals surface area contributed by atoms with E-state index in [0.29, 0.717) is 22.3 Å². The van der Waals surface area contributed by atoms with Gasteiger partial charge in [0.2, 0.25) is 0 Å². The molecule has 0 atom stereocenters. The maximum absolute atomic E-state index is 11.9. The highest BCUT2D eigenvalue weighted by molar-refractivity contribution is 6.42. The van der Waals surface area contributed by atoms with E-state index >= 15 is 0 Å². The summed E-state index contributed by atoms with van der Waals surface area (Å²) in [6.07, 6.45) is 4.51. The van der Waals surface area contributed by atoms with E-state index in [9.17, 15) is 4.79 Å². The lowest BCUT2D eigenvalue weighted by Crippen LogP contribution is -2.30. The van der Waals surface area contributed by atoms with E-state index < -0.39 is 0 Å². The lowest BCUT2D eigenvalue weighted by atomic mass is 10.2. The topological polar surface area (TPSA) is 59.0 Å². The zero-order valence-corrected chi connectivity index (χ0v) is 15.5. The number of amides is 2. The van der Waals surface area contributed by atoms with Crippen LogP contribution < -0.4 is 10.6 Å². The molecule has 2 N–H and O–H groups in total. The molecule has 0 unspecified atom stereocenters. The quantitative estimate of drug-likeness (QED) is 0.579. The van der Waals surface area contributed by atoms with Gasteiger partial charge in [-0.05, 0) is 24.6 Å². The van der Waals surface area contributed by atoms with E-state index in [1.807, 2.05) is 36.5 Å². The number of carbonyl (C=O) groups excluding carboxylic acids is 1. The number of hydrogen-bond acceptors (Lipinski definition) is 2. The molecule has 3 rings (SSSR count). The predicted octanol–water partition coefficient (Wildman–Crippen LogP) is 5.07. The molecule has 3 aromatic rings. The molecular formula is C19H18Cl2N4O. The summed E-state index contributed by atoms with van der Waals surface area (Å²) in [5, 5.41) is 6.41. The molecule has 134 valence electrons. The van der Waals surface area contributed by atoms with E-state index in [-0.39, 0.29) is 6.03 Å². The largest absolute Gasteiger partial charge is 0.338 e. The highest BCUT2D eigenvalue weighted by Crippen LogP contribution is 2.24. The van der Waals surface area contributed by atoms with Gasteiger partial charge in [-0.25, -0.2) is 9.78 Å². The Kier molecular flexibility index (Phi) is 6.15. The van der Waals surface area contributed by atoms with Gasteiger partial charge < -0.3 is 15.2 Å². The van der Waals surface area contributed by atoms with Gasteiger partial charge >= 0.3 is 6.03 Å². The number of benzene rings is 2. The molecule has 1 heterocycles. The number of carbonyl (C=O) groups is 1. The number of aromatic nitrogens is 2. The van der Waals surface area contributed by atoms with Crippen LogP contribution in [-0.2, 0) is 6.54 Å². The van der Waals surface area contributed by atoms with Crippen molar-refractivity contribution in [3.63, 3.8) is 0 Å². The number of nitrogens with one attached hydrogen (secondary N) is 2. The van der Waals surface area contributed by atoms with E-state index in [2.05, 4.69) is 20.2 Å². The Hall–Kier alpha value is -2.50. The Morgan fingerprint density at radius 1 is 1.08 bits per heavy atom. The normalized spacial score (nSPS) is 10.5. The van der Waals surface area contributed by atoms with Crippen molar-refractivity contribution in [2.75, 3.05) is 11.9 Å². The molecule has 7 heteroatoms. The molecule has 1 aromatic heterocycles. The summed E-state index contributed by atoms with van der Waals surface area (Å²) in [6.45, 7) is 1.30. The van der Waals surface area contributed by atoms with Crippen LogP contribution in [0.3, 0.4) is 0 Å². The van der Waals surface area contributed by atoms with Crippen molar-refractivity contribution in [1.29, 1.82) is 0 Å². The zero-order valence-electron chi connectivity index (χ0n) is 14.0. The van der Waals surface area contributed by atoms with Crippen LogP contribution in [0.15, 0.2) is 60.9 Å². The first-order valence-corrected chi connectivity index (χ1v) is 8.95. The lowest BCUT2D eigenvalue weighted by Gasteiger charge is -2.10. The fourth-order valence-corrected chi connectivity index (χ4v) is 2.84. The van der Waals surface area contributed by atoms with Crippen LogP contribution in [0.4, 0.5) is 10.5 Å². The highest BCUT2D eigenvalue weighted by Gasteiger charge is 2.06. The summed E-state index contributed by atoms with van der Waals surface area (Å²) in [4.78, 5) is 16.4. The number of urea groups is 1. The van der Waals surface area contributed by atoms with Gasteiger partial charge in [0.15, 0.2) is 0 Å². The third-order valence-corrected chi connectivity index (χ3v) is 4.53. The number of hydrogen-bond donors (Lipinski definition) is 2. The summed E-state index contributed by atoms with van der Waals surface area (Å²) in [5.41, 5.74) is 1.67. The van der Waals surface area contributed by atoms with Crippen molar-refractivity contribution in [2.45, 2.75) is 13.0 Å². The van der Waals surface area contributed by atoms with Crippen molar-refractivity contribution in [3.8, 4) is 11.4 Å². The first-order chi connectivity index (χ1) is 12.6. The van der Waals surface area contributed by atoms with Crippen LogP contribution in [-0.4, -0.2) is 22.1 Å². The maximum Gasteiger partial charge on any atom is 0.319 e. The third-order valence-electron chi connectivity index (χ3n) is 3.79. The summed E-state index contributed by atoms with van der Waals surface area (Å²) in [6, 6.07) is 14.7. The van der Waals surface area contributed by atoms with Gasteiger partial charge in [0.1, 0.15) is 5.82 Å². The van der Waals surface area contributed by atoms with Crippen molar-refractivity contribution in [2.24, 2.45) is 0 Å². The zero-order chi connectivity index (χ0) is 18.4. The first-order valence-electron chi connectivity index (χ1n) is 8.20. The maximum atomic E-state index is 11.9. The summed E-state index contributed by atoms with van der Waals surface area (Å²) < 4.78 is 2.08. The smallest absolute Gasteiger partial charge is 0.319 e. The van der Waals surface area contributed by atoms with Crippen molar-refractivity contribution in [3.05, 3.63) is 71.0 Å². The van der Waals surface area contributed by atoms with Gasteiger partial charge in [0, 0.05) is 36.7 Å².